The molecule has 0 aliphatic heterocycles. The molecule has 1 fully saturated rings. The first kappa shape index (κ1) is 22.6. The molecular formula is C22H25FO6. The Bertz CT molecular complexity index is 810. The summed E-state index contributed by atoms with van der Waals surface area (Å²) >= 11 is 0. The molecule has 3 atom stereocenters. The third-order valence-corrected chi connectivity index (χ3v) is 4.80. The lowest BCUT2D eigenvalue weighted by molar-refractivity contribution is -0.281. The number of ketones is 1. The van der Waals surface area contributed by atoms with Gasteiger partial charge in [0.05, 0.1) is 0 Å². The molecule has 0 saturated heterocycles. The van der Waals surface area contributed by atoms with Gasteiger partial charge in [0.1, 0.15) is 11.5 Å². The summed E-state index contributed by atoms with van der Waals surface area (Å²) in [6.45, 7) is 2.00. The van der Waals surface area contributed by atoms with E-state index in [9.17, 15) is 29.3 Å². The molecule has 1 unspecified atom stereocenters. The summed E-state index contributed by atoms with van der Waals surface area (Å²) in [5, 5.41) is 29.3. The summed E-state index contributed by atoms with van der Waals surface area (Å²) in [5.74, 6) is -9.82. The van der Waals surface area contributed by atoms with Gasteiger partial charge in [0, 0.05) is 18.4 Å². The van der Waals surface area contributed by atoms with Crippen molar-refractivity contribution in [3.63, 3.8) is 0 Å². The van der Waals surface area contributed by atoms with Gasteiger partial charge < -0.3 is 20.1 Å². The summed E-state index contributed by atoms with van der Waals surface area (Å²) in [7, 11) is 0. The van der Waals surface area contributed by atoms with Crippen molar-refractivity contribution in [3.05, 3.63) is 60.4 Å². The Morgan fingerprint density at radius 3 is 2.66 bits per heavy atom. The van der Waals surface area contributed by atoms with Crippen molar-refractivity contribution in [2.45, 2.75) is 44.2 Å². The lowest BCUT2D eigenvalue weighted by Crippen LogP contribution is -2.59. The Morgan fingerprint density at radius 1 is 1.34 bits per heavy atom. The second-order valence-electron chi connectivity index (χ2n) is 6.90. The number of aliphatic hydroxyl groups is 2. The van der Waals surface area contributed by atoms with Crippen LogP contribution in [0.4, 0.5) is 4.39 Å². The van der Waals surface area contributed by atoms with Crippen LogP contribution in [0.5, 0.6) is 5.75 Å². The Morgan fingerprint density at radius 2 is 2.03 bits per heavy atom. The Balaban J connectivity index is 2.16. The van der Waals surface area contributed by atoms with Crippen LogP contribution in [-0.4, -0.2) is 38.7 Å². The number of allylic oxidation sites excluding steroid dienone is 2. The molecule has 0 spiro atoms. The highest BCUT2D eigenvalue weighted by Crippen LogP contribution is 2.33. The first-order valence-corrected chi connectivity index (χ1v) is 9.44. The summed E-state index contributed by atoms with van der Waals surface area (Å²) in [6.07, 6.45) is 8.19. The number of benzene rings is 1. The van der Waals surface area contributed by atoms with E-state index in [1.165, 1.54) is 30.3 Å². The summed E-state index contributed by atoms with van der Waals surface area (Å²) in [5.41, 5.74) is 2.39. The number of carbonyl (C=O) groups is 2. The van der Waals surface area contributed by atoms with Crippen LogP contribution in [0.25, 0.3) is 0 Å². The molecule has 3 N–H and O–H groups in total. The maximum atomic E-state index is 14.9. The standard InChI is InChI=1S/C22H25FO6/c1-2-3-9-16-13-14-19(24)18(16)12-7-8-15-21(27,28)22(23,20(25)26)29-17-10-5-4-6-11-17/h3-7,9-11,15-16,18,27-28H,2,12-14H2,1H3,(H,25,26)/b9-3+/t8?,16-,18+,22?/m0/s1/i27+0,28+0. The Hall–Kier alpha value is -2.73. The fourth-order valence-corrected chi connectivity index (χ4v) is 3.17. The normalized spacial score (nSPS) is 21.4. The summed E-state index contributed by atoms with van der Waals surface area (Å²) < 4.78 is 19.6. The highest BCUT2D eigenvalue weighted by atomic mass is 19.2. The predicted octanol–water partition coefficient (Wildman–Crippen LogP) is 3.16. The second kappa shape index (κ2) is 9.65. The van der Waals surface area contributed by atoms with Gasteiger partial charge in [-0.2, -0.15) is 4.39 Å². The van der Waals surface area contributed by atoms with Crippen LogP contribution in [-0.2, 0) is 9.59 Å². The van der Waals surface area contributed by atoms with Crippen molar-refractivity contribution < 1.29 is 34.0 Å². The number of carboxylic acid groups (broad SMARTS) is 1. The molecule has 0 radical (unpaired) electrons. The van der Waals surface area contributed by atoms with E-state index in [1.807, 2.05) is 19.1 Å². The maximum Gasteiger partial charge on any atom is 0.403 e. The number of alkyl halides is 1. The fraction of sp³-hybridized carbons (Fsp3) is 0.409. The average molecular weight is 404 g/mol. The lowest BCUT2D eigenvalue weighted by atomic mass is 9.91. The second-order valence-corrected chi connectivity index (χ2v) is 6.90. The van der Waals surface area contributed by atoms with Gasteiger partial charge in [-0.3, -0.25) is 4.79 Å². The first-order chi connectivity index (χ1) is 13.7. The van der Waals surface area contributed by atoms with E-state index < -0.39 is 17.6 Å². The fourth-order valence-electron chi connectivity index (χ4n) is 3.17. The molecule has 2 rings (SSSR count). The zero-order valence-electron chi connectivity index (χ0n) is 16.1. The van der Waals surface area contributed by atoms with E-state index in [4.69, 9.17) is 4.74 Å². The Labute approximate surface area is 168 Å². The molecule has 1 aromatic carbocycles. The molecule has 7 heteroatoms. The van der Waals surface area contributed by atoms with Crippen molar-refractivity contribution in [3.8, 4) is 5.75 Å². The van der Waals surface area contributed by atoms with Crippen molar-refractivity contribution >= 4 is 11.8 Å². The zero-order valence-corrected chi connectivity index (χ0v) is 16.1. The number of carbonyl (C=O) groups excluding carboxylic acids is 1. The molecule has 156 valence electrons. The van der Waals surface area contributed by atoms with Crippen LogP contribution in [0, 0.1) is 11.8 Å². The first-order valence-electron chi connectivity index (χ1n) is 9.44. The monoisotopic (exact) mass is 404 g/mol. The van der Waals surface area contributed by atoms with Crippen LogP contribution in [0.3, 0.4) is 0 Å². The van der Waals surface area contributed by atoms with Gasteiger partial charge in [0.25, 0.3) is 5.79 Å². The minimum Gasteiger partial charge on any atom is -0.476 e. The molecule has 1 aromatic rings. The molecule has 1 aliphatic carbocycles. The molecule has 0 heterocycles. The van der Waals surface area contributed by atoms with Crippen molar-refractivity contribution in [2.75, 3.05) is 0 Å². The van der Waals surface area contributed by atoms with E-state index in [0.717, 1.165) is 12.8 Å². The minimum absolute atomic E-state index is 0.0919. The average Bonchev–Trinajstić information content (AvgIpc) is 3.03. The molecule has 29 heavy (non-hydrogen) atoms. The van der Waals surface area contributed by atoms with Crippen LogP contribution in [0.2, 0.25) is 0 Å². The quantitative estimate of drug-likeness (QED) is 0.332. The van der Waals surface area contributed by atoms with Gasteiger partial charge in [-0.1, -0.05) is 37.3 Å². The number of rotatable bonds is 9. The molecule has 1 aliphatic rings. The molecule has 1 saturated carbocycles. The van der Waals surface area contributed by atoms with Crippen molar-refractivity contribution in [1.82, 2.24) is 0 Å². The van der Waals surface area contributed by atoms with Crippen LogP contribution in [0.15, 0.2) is 60.4 Å². The third kappa shape index (κ3) is 5.41. The van der Waals surface area contributed by atoms with Gasteiger partial charge in [-0.25, -0.2) is 4.79 Å². The van der Waals surface area contributed by atoms with E-state index in [0.29, 0.717) is 12.5 Å². The lowest BCUT2D eigenvalue weighted by Gasteiger charge is -2.30. The predicted molar refractivity (Wildman–Crippen MR) is 104 cm³/mol. The molecule has 0 bridgehead atoms. The zero-order chi connectivity index (χ0) is 21.5. The van der Waals surface area contributed by atoms with E-state index in [-0.39, 0.29) is 29.8 Å². The largest absolute Gasteiger partial charge is 0.476 e. The third-order valence-electron chi connectivity index (χ3n) is 4.80. The summed E-state index contributed by atoms with van der Waals surface area (Å²) in [6, 6.07) is 7.12. The number of hydrogen-bond acceptors (Lipinski definition) is 5. The minimum atomic E-state index is -3.86. The van der Waals surface area contributed by atoms with Crippen LogP contribution < -0.4 is 4.74 Å². The van der Waals surface area contributed by atoms with E-state index >= 15 is 0 Å². The van der Waals surface area contributed by atoms with Crippen LogP contribution in [0.1, 0.15) is 32.6 Å². The van der Waals surface area contributed by atoms with Gasteiger partial charge in [-0.15, -0.1) is 5.73 Å². The molecular weight excluding hydrogens is 379 g/mol. The highest BCUT2D eigenvalue weighted by molar-refractivity contribution is 5.83. The van der Waals surface area contributed by atoms with Crippen LogP contribution >= 0.6 is 0 Å². The van der Waals surface area contributed by atoms with E-state index in [1.54, 1.807) is 6.07 Å². The smallest absolute Gasteiger partial charge is 0.403 e. The maximum absolute atomic E-state index is 14.9. The van der Waals surface area contributed by atoms with Gasteiger partial charge >= 0.3 is 11.8 Å². The number of Topliss-reactive ketones (excluding diaryl/α,β-unsaturated/α-hetero) is 1. The number of ether oxygens (including phenoxy) is 1. The number of halogens is 1. The topological polar surface area (TPSA) is 104 Å². The van der Waals surface area contributed by atoms with Gasteiger partial charge in [-0.05, 0) is 43.4 Å². The number of carboxylic acids is 1. The molecule has 6 nitrogen and oxygen atoms in total. The van der Waals surface area contributed by atoms with Crippen molar-refractivity contribution in [1.29, 1.82) is 0 Å². The highest BCUT2D eigenvalue weighted by Gasteiger charge is 2.59. The van der Waals surface area contributed by atoms with Gasteiger partial charge in [0.2, 0.25) is 0 Å². The number of aliphatic carboxylic acids is 1. The Kier molecular flexibility index (Phi) is 7.51. The van der Waals surface area contributed by atoms with E-state index in [2.05, 4.69) is 5.73 Å². The number of hydrogen-bond donors (Lipinski definition) is 3. The summed E-state index contributed by atoms with van der Waals surface area (Å²) in [4.78, 5) is 23.4. The SMILES string of the molecule is CC/C=C/[C@H]1CCC(=O)[C@@H]1CC=C=CC([16OH])([16OH])C(F)(Oc1ccccc1)C(=O)O. The molecule has 0 aromatic heterocycles. The van der Waals surface area contributed by atoms with Gasteiger partial charge in [0.15, 0.2) is 0 Å². The molecule has 0 amide bonds. The van der Waals surface area contributed by atoms with Crippen molar-refractivity contribution in [2.24, 2.45) is 11.8 Å². The number of para-hydroxylation sites is 1.